The van der Waals surface area contributed by atoms with E-state index in [0.29, 0.717) is 19.6 Å². The van der Waals surface area contributed by atoms with Gasteiger partial charge in [-0.25, -0.2) is 4.98 Å². The molecule has 3 rings (SSSR count). The van der Waals surface area contributed by atoms with Crippen molar-refractivity contribution < 1.29 is 9.53 Å². The molecule has 0 aliphatic rings. The van der Waals surface area contributed by atoms with E-state index in [1.807, 2.05) is 62.4 Å². The van der Waals surface area contributed by atoms with Crippen LogP contribution < -0.4 is 10.1 Å². The molecule has 27 heavy (non-hydrogen) atoms. The summed E-state index contributed by atoms with van der Waals surface area (Å²) in [6, 6.07) is 16.0. The molecule has 1 aromatic heterocycles. The number of thiazole rings is 1. The Kier molecular flexibility index (Phi) is 6.60. The average Bonchev–Trinajstić information content (AvgIpc) is 3.08. The van der Waals surface area contributed by atoms with Crippen molar-refractivity contribution in [2.45, 2.75) is 26.7 Å². The van der Waals surface area contributed by atoms with Gasteiger partial charge in [0.1, 0.15) is 5.75 Å². The van der Waals surface area contributed by atoms with E-state index in [9.17, 15) is 4.79 Å². The first-order valence-corrected chi connectivity index (χ1v) is 9.96. The van der Waals surface area contributed by atoms with E-state index in [1.165, 1.54) is 5.56 Å². The number of carbonyl (C=O) groups is 1. The molecule has 140 valence electrons. The highest BCUT2D eigenvalue weighted by Gasteiger charge is 2.05. The summed E-state index contributed by atoms with van der Waals surface area (Å²) in [4.78, 5) is 16.6. The Morgan fingerprint density at radius 2 is 1.96 bits per heavy atom. The molecule has 3 aromatic rings. The zero-order valence-corrected chi connectivity index (χ0v) is 16.5. The smallest absolute Gasteiger partial charge is 0.224 e. The summed E-state index contributed by atoms with van der Waals surface area (Å²) in [6.07, 6.45) is 1.16. The van der Waals surface area contributed by atoms with E-state index in [-0.39, 0.29) is 5.91 Å². The first-order chi connectivity index (χ1) is 13.1. The summed E-state index contributed by atoms with van der Waals surface area (Å²) in [5.41, 5.74) is 4.25. The van der Waals surface area contributed by atoms with Crippen LogP contribution in [-0.2, 0) is 11.2 Å². The standard InChI is InChI=1S/C22H24N2O2S/c1-16-5-3-6-20(13-16)26-12-4-11-23-22(25)14-18-7-9-19(10-8-18)21-15-27-17(2)24-21/h3,5-10,13,15H,4,11-12,14H2,1-2H3,(H,23,25). The Hall–Kier alpha value is -2.66. The fourth-order valence-electron chi connectivity index (χ4n) is 2.73. The topological polar surface area (TPSA) is 51.2 Å². The Bertz CT molecular complexity index is 887. The molecule has 1 N–H and O–H groups in total. The molecular formula is C22H24N2O2S. The van der Waals surface area contributed by atoms with Gasteiger partial charge in [-0.2, -0.15) is 0 Å². The molecule has 1 heterocycles. The molecule has 0 bridgehead atoms. The molecule has 0 aliphatic carbocycles. The monoisotopic (exact) mass is 380 g/mol. The van der Waals surface area contributed by atoms with E-state index < -0.39 is 0 Å². The SMILES string of the molecule is Cc1cccc(OCCCNC(=O)Cc2ccc(-c3csc(C)n3)cc2)c1. The van der Waals surface area contributed by atoms with Crippen LogP contribution in [0.25, 0.3) is 11.3 Å². The van der Waals surface area contributed by atoms with Gasteiger partial charge in [0.15, 0.2) is 0 Å². The van der Waals surface area contributed by atoms with Crippen LogP contribution in [0.15, 0.2) is 53.9 Å². The third-order valence-corrected chi connectivity index (χ3v) is 4.91. The van der Waals surface area contributed by atoms with Crippen LogP contribution in [0, 0.1) is 13.8 Å². The van der Waals surface area contributed by atoms with Crippen LogP contribution in [-0.4, -0.2) is 24.0 Å². The Morgan fingerprint density at radius 3 is 2.67 bits per heavy atom. The summed E-state index contributed by atoms with van der Waals surface area (Å²) in [5, 5.41) is 6.06. The van der Waals surface area contributed by atoms with Crippen LogP contribution in [0.4, 0.5) is 0 Å². The maximum absolute atomic E-state index is 12.1. The van der Waals surface area contributed by atoms with Gasteiger partial charge in [0.25, 0.3) is 0 Å². The fraction of sp³-hybridized carbons (Fsp3) is 0.273. The zero-order chi connectivity index (χ0) is 19.1. The van der Waals surface area contributed by atoms with Crippen LogP contribution in [0.3, 0.4) is 0 Å². The number of ether oxygens (including phenoxy) is 1. The third-order valence-electron chi connectivity index (χ3n) is 4.13. The highest BCUT2D eigenvalue weighted by Crippen LogP contribution is 2.21. The van der Waals surface area contributed by atoms with Crippen molar-refractivity contribution in [2.75, 3.05) is 13.2 Å². The summed E-state index contributed by atoms with van der Waals surface area (Å²) >= 11 is 1.64. The van der Waals surface area contributed by atoms with Crippen molar-refractivity contribution in [3.05, 3.63) is 70.0 Å². The number of benzene rings is 2. The Labute approximate surface area is 164 Å². The van der Waals surface area contributed by atoms with Crippen molar-refractivity contribution >= 4 is 17.2 Å². The third kappa shape index (κ3) is 5.93. The molecule has 0 fully saturated rings. The van der Waals surface area contributed by atoms with Gasteiger partial charge in [-0.1, -0.05) is 36.4 Å². The van der Waals surface area contributed by atoms with Crippen LogP contribution in [0.2, 0.25) is 0 Å². The lowest BCUT2D eigenvalue weighted by Crippen LogP contribution is -2.27. The first-order valence-electron chi connectivity index (χ1n) is 9.08. The fourth-order valence-corrected chi connectivity index (χ4v) is 3.35. The summed E-state index contributed by atoms with van der Waals surface area (Å²) < 4.78 is 5.69. The largest absolute Gasteiger partial charge is 0.494 e. The second kappa shape index (κ2) is 9.33. The van der Waals surface area contributed by atoms with E-state index in [4.69, 9.17) is 4.74 Å². The van der Waals surface area contributed by atoms with Gasteiger partial charge >= 0.3 is 0 Å². The molecule has 1 amide bonds. The maximum Gasteiger partial charge on any atom is 0.224 e. The van der Waals surface area contributed by atoms with Crippen molar-refractivity contribution in [3.8, 4) is 17.0 Å². The molecule has 2 aromatic carbocycles. The molecular weight excluding hydrogens is 356 g/mol. The van der Waals surface area contributed by atoms with E-state index >= 15 is 0 Å². The number of nitrogens with one attached hydrogen (secondary N) is 1. The van der Waals surface area contributed by atoms with E-state index in [1.54, 1.807) is 11.3 Å². The minimum absolute atomic E-state index is 0.0304. The second-order valence-electron chi connectivity index (χ2n) is 6.49. The second-order valence-corrected chi connectivity index (χ2v) is 7.56. The molecule has 0 radical (unpaired) electrons. The maximum atomic E-state index is 12.1. The van der Waals surface area contributed by atoms with Crippen LogP contribution >= 0.6 is 11.3 Å². The lowest BCUT2D eigenvalue weighted by molar-refractivity contribution is -0.120. The van der Waals surface area contributed by atoms with Gasteiger partial charge in [-0.05, 0) is 43.5 Å². The van der Waals surface area contributed by atoms with Gasteiger partial charge in [0, 0.05) is 17.5 Å². The lowest BCUT2D eigenvalue weighted by atomic mass is 10.1. The van der Waals surface area contributed by atoms with Crippen LogP contribution in [0.5, 0.6) is 5.75 Å². The number of hydrogen-bond donors (Lipinski definition) is 1. The van der Waals surface area contributed by atoms with Gasteiger partial charge in [0.05, 0.1) is 23.7 Å². The summed E-state index contributed by atoms with van der Waals surface area (Å²) in [5.74, 6) is 0.902. The predicted molar refractivity (Wildman–Crippen MR) is 110 cm³/mol. The molecule has 0 atom stereocenters. The van der Waals surface area contributed by atoms with Gasteiger partial charge in [-0.15, -0.1) is 11.3 Å². The summed E-state index contributed by atoms with van der Waals surface area (Å²) in [7, 11) is 0. The number of nitrogens with zero attached hydrogens (tertiary/aromatic N) is 1. The first kappa shape index (κ1) is 19.1. The minimum Gasteiger partial charge on any atom is -0.494 e. The normalized spacial score (nSPS) is 10.6. The Morgan fingerprint density at radius 1 is 1.15 bits per heavy atom. The molecule has 5 heteroatoms. The highest BCUT2D eigenvalue weighted by atomic mass is 32.1. The average molecular weight is 381 g/mol. The van der Waals surface area contributed by atoms with Crippen molar-refractivity contribution in [1.29, 1.82) is 0 Å². The van der Waals surface area contributed by atoms with Gasteiger partial charge in [0.2, 0.25) is 5.91 Å². The molecule has 0 unspecified atom stereocenters. The number of carbonyl (C=O) groups excluding carboxylic acids is 1. The van der Waals surface area contributed by atoms with Crippen molar-refractivity contribution in [2.24, 2.45) is 0 Å². The number of hydrogen-bond acceptors (Lipinski definition) is 4. The molecule has 0 spiro atoms. The minimum atomic E-state index is 0.0304. The quantitative estimate of drug-likeness (QED) is 0.583. The van der Waals surface area contributed by atoms with E-state index in [0.717, 1.165) is 34.0 Å². The zero-order valence-electron chi connectivity index (χ0n) is 15.7. The lowest BCUT2D eigenvalue weighted by Gasteiger charge is -2.08. The summed E-state index contributed by atoms with van der Waals surface area (Å²) in [6.45, 7) is 5.24. The van der Waals surface area contributed by atoms with Crippen LogP contribution in [0.1, 0.15) is 22.6 Å². The van der Waals surface area contributed by atoms with Gasteiger partial charge < -0.3 is 10.1 Å². The number of rotatable bonds is 8. The van der Waals surface area contributed by atoms with Crippen molar-refractivity contribution in [3.63, 3.8) is 0 Å². The molecule has 0 aliphatic heterocycles. The molecule has 0 saturated carbocycles. The van der Waals surface area contributed by atoms with Gasteiger partial charge in [-0.3, -0.25) is 4.79 Å². The van der Waals surface area contributed by atoms with Crippen molar-refractivity contribution in [1.82, 2.24) is 10.3 Å². The predicted octanol–water partition coefficient (Wildman–Crippen LogP) is 4.55. The van der Waals surface area contributed by atoms with E-state index in [2.05, 4.69) is 15.7 Å². The number of aryl methyl sites for hydroxylation is 2. The number of aromatic nitrogens is 1. The highest BCUT2D eigenvalue weighted by molar-refractivity contribution is 7.09. The molecule has 4 nitrogen and oxygen atoms in total. The Balaban J connectivity index is 1.37. The molecule has 0 saturated heterocycles. The number of amides is 1.